The molecule has 2 aromatic carbocycles. The Hall–Kier alpha value is -2.62. The Morgan fingerprint density at radius 1 is 1.12 bits per heavy atom. The van der Waals surface area contributed by atoms with Crippen LogP contribution in [0, 0.1) is 26.7 Å². The average Bonchev–Trinajstić information content (AvgIpc) is 2.99. The fourth-order valence-corrected chi connectivity index (χ4v) is 3.75. The van der Waals surface area contributed by atoms with Crippen LogP contribution >= 0.6 is 0 Å². The van der Waals surface area contributed by atoms with Crippen LogP contribution in [-0.2, 0) is 9.59 Å². The van der Waals surface area contributed by atoms with Gasteiger partial charge in [-0.15, -0.1) is 0 Å². The third kappa shape index (κ3) is 3.36. The molecule has 2 amide bonds. The van der Waals surface area contributed by atoms with Crippen LogP contribution in [0.2, 0.25) is 0 Å². The summed E-state index contributed by atoms with van der Waals surface area (Å²) in [7, 11) is 0. The van der Waals surface area contributed by atoms with Gasteiger partial charge in [-0.05, 0) is 51.0 Å². The summed E-state index contributed by atoms with van der Waals surface area (Å²) in [4.78, 5) is 29.3. The first-order chi connectivity index (χ1) is 12.4. The Morgan fingerprint density at radius 3 is 2.50 bits per heavy atom. The van der Waals surface area contributed by atoms with Gasteiger partial charge < -0.3 is 9.80 Å². The molecule has 4 heteroatoms. The van der Waals surface area contributed by atoms with Crippen molar-refractivity contribution in [2.24, 2.45) is 5.92 Å². The molecule has 136 valence electrons. The van der Waals surface area contributed by atoms with Gasteiger partial charge in [0.2, 0.25) is 11.8 Å². The first-order valence-corrected chi connectivity index (χ1v) is 9.17. The summed E-state index contributed by atoms with van der Waals surface area (Å²) in [6.45, 7) is 9.07. The molecule has 0 spiro atoms. The van der Waals surface area contributed by atoms with Crippen molar-refractivity contribution in [2.45, 2.75) is 34.1 Å². The number of benzene rings is 2. The molecule has 1 atom stereocenters. The van der Waals surface area contributed by atoms with E-state index in [1.54, 1.807) is 9.80 Å². The zero-order chi connectivity index (χ0) is 18.8. The number of para-hydroxylation sites is 1. The van der Waals surface area contributed by atoms with E-state index in [1.165, 1.54) is 5.56 Å². The number of carbonyl (C=O) groups excluding carboxylic acids is 2. The Kier molecular flexibility index (Phi) is 5.12. The van der Waals surface area contributed by atoms with Gasteiger partial charge in [0.1, 0.15) is 0 Å². The van der Waals surface area contributed by atoms with E-state index < -0.39 is 0 Å². The van der Waals surface area contributed by atoms with Crippen molar-refractivity contribution < 1.29 is 9.59 Å². The summed E-state index contributed by atoms with van der Waals surface area (Å²) >= 11 is 0. The Bertz CT molecular complexity index is 844. The lowest BCUT2D eigenvalue weighted by atomic mass is 10.1. The molecule has 1 heterocycles. The van der Waals surface area contributed by atoms with Gasteiger partial charge in [0, 0.05) is 30.9 Å². The highest BCUT2D eigenvalue weighted by Gasteiger charge is 2.37. The summed E-state index contributed by atoms with van der Waals surface area (Å²) in [6, 6.07) is 14.0. The second-order valence-electron chi connectivity index (χ2n) is 7.06. The minimum Gasteiger partial charge on any atom is -0.312 e. The van der Waals surface area contributed by atoms with Gasteiger partial charge in [0.15, 0.2) is 0 Å². The summed E-state index contributed by atoms with van der Waals surface area (Å²) < 4.78 is 0. The number of carbonyl (C=O) groups is 2. The van der Waals surface area contributed by atoms with E-state index in [0.29, 0.717) is 13.1 Å². The molecular weight excluding hydrogens is 324 g/mol. The quantitative estimate of drug-likeness (QED) is 0.836. The number of hydrogen-bond donors (Lipinski definition) is 0. The van der Waals surface area contributed by atoms with Gasteiger partial charge in [-0.25, -0.2) is 0 Å². The van der Waals surface area contributed by atoms with Crippen LogP contribution in [0.15, 0.2) is 42.5 Å². The standard InChI is InChI=1S/C22H26N2O2/c1-5-23(19-9-7-6-8-16(19)3)22(26)18-13-21(25)24(14-18)20-11-10-15(2)12-17(20)4/h6-12,18H,5,13-14H2,1-4H3. The molecule has 0 aliphatic carbocycles. The number of rotatable bonds is 4. The fourth-order valence-electron chi connectivity index (χ4n) is 3.75. The van der Waals surface area contributed by atoms with Crippen LogP contribution in [0.3, 0.4) is 0 Å². The number of hydrogen-bond acceptors (Lipinski definition) is 2. The topological polar surface area (TPSA) is 40.6 Å². The zero-order valence-corrected chi connectivity index (χ0v) is 16.0. The molecule has 4 nitrogen and oxygen atoms in total. The number of nitrogens with zero attached hydrogens (tertiary/aromatic N) is 2. The Labute approximate surface area is 155 Å². The molecule has 0 N–H and O–H groups in total. The van der Waals surface area contributed by atoms with Crippen molar-refractivity contribution in [2.75, 3.05) is 22.9 Å². The molecule has 1 fully saturated rings. The summed E-state index contributed by atoms with van der Waals surface area (Å²) in [6.07, 6.45) is 0.272. The third-order valence-corrected chi connectivity index (χ3v) is 5.11. The van der Waals surface area contributed by atoms with Gasteiger partial charge in [-0.2, -0.15) is 0 Å². The number of anilines is 2. The fraction of sp³-hybridized carbons (Fsp3) is 0.364. The molecule has 0 radical (unpaired) electrons. The molecule has 1 aliphatic heterocycles. The predicted octanol–water partition coefficient (Wildman–Crippen LogP) is 4.02. The van der Waals surface area contributed by atoms with E-state index in [4.69, 9.17) is 0 Å². The normalized spacial score (nSPS) is 16.8. The molecule has 0 aromatic heterocycles. The van der Waals surface area contributed by atoms with Crippen molar-refractivity contribution in [3.8, 4) is 0 Å². The molecule has 1 unspecified atom stereocenters. The van der Waals surface area contributed by atoms with Gasteiger partial charge in [0.05, 0.1) is 5.92 Å². The van der Waals surface area contributed by atoms with Crippen molar-refractivity contribution in [3.05, 3.63) is 59.2 Å². The van der Waals surface area contributed by atoms with E-state index in [1.807, 2.05) is 64.1 Å². The molecule has 0 bridgehead atoms. The highest BCUT2D eigenvalue weighted by Crippen LogP contribution is 2.31. The third-order valence-electron chi connectivity index (χ3n) is 5.11. The monoisotopic (exact) mass is 350 g/mol. The highest BCUT2D eigenvalue weighted by molar-refractivity contribution is 6.05. The van der Waals surface area contributed by atoms with Crippen molar-refractivity contribution in [1.29, 1.82) is 0 Å². The van der Waals surface area contributed by atoms with Crippen LogP contribution in [0.4, 0.5) is 11.4 Å². The molecule has 3 rings (SSSR count). The Balaban J connectivity index is 1.83. The first-order valence-electron chi connectivity index (χ1n) is 9.17. The second-order valence-corrected chi connectivity index (χ2v) is 7.06. The maximum absolute atomic E-state index is 13.1. The van der Waals surface area contributed by atoms with Crippen LogP contribution in [0.25, 0.3) is 0 Å². The van der Waals surface area contributed by atoms with Gasteiger partial charge in [0.25, 0.3) is 0 Å². The minimum absolute atomic E-state index is 0.0242. The van der Waals surface area contributed by atoms with E-state index in [9.17, 15) is 9.59 Å². The average molecular weight is 350 g/mol. The van der Waals surface area contributed by atoms with Crippen molar-refractivity contribution in [3.63, 3.8) is 0 Å². The summed E-state index contributed by atoms with van der Waals surface area (Å²) in [5.41, 5.74) is 5.14. The summed E-state index contributed by atoms with van der Waals surface area (Å²) in [5.74, 6) is -0.249. The van der Waals surface area contributed by atoms with Crippen LogP contribution < -0.4 is 9.80 Å². The summed E-state index contributed by atoms with van der Waals surface area (Å²) in [5, 5.41) is 0. The second kappa shape index (κ2) is 7.32. The van der Waals surface area contributed by atoms with Crippen molar-refractivity contribution in [1.82, 2.24) is 0 Å². The van der Waals surface area contributed by atoms with Crippen LogP contribution in [0.1, 0.15) is 30.0 Å². The molecule has 1 saturated heterocycles. The lowest BCUT2D eigenvalue weighted by molar-refractivity contribution is -0.124. The van der Waals surface area contributed by atoms with E-state index in [2.05, 4.69) is 6.07 Å². The van der Waals surface area contributed by atoms with E-state index in [0.717, 1.165) is 22.5 Å². The zero-order valence-electron chi connectivity index (χ0n) is 16.0. The molecule has 1 aliphatic rings. The molecule has 26 heavy (non-hydrogen) atoms. The minimum atomic E-state index is -0.303. The van der Waals surface area contributed by atoms with Crippen LogP contribution in [-0.4, -0.2) is 24.9 Å². The number of aryl methyl sites for hydroxylation is 3. The molecule has 2 aromatic rings. The lowest BCUT2D eigenvalue weighted by Crippen LogP contribution is -2.38. The maximum atomic E-state index is 13.1. The number of amides is 2. The SMILES string of the molecule is CCN(C(=O)C1CC(=O)N(c2ccc(C)cc2C)C1)c1ccccc1C. The molecule has 0 saturated carbocycles. The maximum Gasteiger partial charge on any atom is 0.232 e. The van der Waals surface area contributed by atoms with Gasteiger partial charge in [-0.3, -0.25) is 9.59 Å². The first kappa shape index (κ1) is 18.2. The smallest absolute Gasteiger partial charge is 0.232 e. The predicted molar refractivity (Wildman–Crippen MR) is 106 cm³/mol. The van der Waals surface area contributed by atoms with Gasteiger partial charge >= 0.3 is 0 Å². The molecular formula is C22H26N2O2. The van der Waals surface area contributed by atoms with E-state index in [-0.39, 0.29) is 24.2 Å². The van der Waals surface area contributed by atoms with E-state index >= 15 is 0 Å². The highest BCUT2D eigenvalue weighted by atomic mass is 16.2. The lowest BCUT2D eigenvalue weighted by Gasteiger charge is -2.26. The Morgan fingerprint density at radius 2 is 1.85 bits per heavy atom. The van der Waals surface area contributed by atoms with Gasteiger partial charge in [-0.1, -0.05) is 35.9 Å². The van der Waals surface area contributed by atoms with Crippen molar-refractivity contribution >= 4 is 23.2 Å². The van der Waals surface area contributed by atoms with Crippen LogP contribution in [0.5, 0.6) is 0 Å². The largest absolute Gasteiger partial charge is 0.312 e.